The molecule has 3 N–H and O–H groups in total. The van der Waals surface area contributed by atoms with Gasteiger partial charge in [0.05, 0.1) is 19.6 Å². The third kappa shape index (κ3) is 2.20. The van der Waals surface area contributed by atoms with Crippen LogP contribution in [0.5, 0.6) is 0 Å². The molecule has 1 fully saturated rings. The number of aldehydes is 1. The van der Waals surface area contributed by atoms with Crippen LogP contribution in [0.3, 0.4) is 0 Å². The summed E-state index contributed by atoms with van der Waals surface area (Å²) in [6.07, 6.45) is 0.941. The van der Waals surface area contributed by atoms with Gasteiger partial charge < -0.3 is 20.0 Å². The van der Waals surface area contributed by atoms with Gasteiger partial charge in [0.25, 0.3) is 0 Å². The van der Waals surface area contributed by atoms with Gasteiger partial charge in [0.1, 0.15) is 12.1 Å². The van der Waals surface area contributed by atoms with Gasteiger partial charge in [-0.3, -0.25) is 5.41 Å². The van der Waals surface area contributed by atoms with Crippen LogP contribution in [0.25, 0.3) is 0 Å². The third-order valence-corrected chi connectivity index (χ3v) is 2.74. The summed E-state index contributed by atoms with van der Waals surface area (Å²) in [6, 6.07) is 6.97. The lowest BCUT2D eigenvalue weighted by atomic mass is 10.0. The number of carbonyl (C=O) groups is 1. The number of amidine groups is 1. The molecule has 1 saturated heterocycles. The van der Waals surface area contributed by atoms with E-state index in [4.69, 9.17) is 20.6 Å². The van der Waals surface area contributed by atoms with Crippen molar-refractivity contribution < 1.29 is 14.3 Å². The number of ether oxygens (including phenoxy) is 2. The summed E-state index contributed by atoms with van der Waals surface area (Å²) in [5.74, 6) is -0.953. The van der Waals surface area contributed by atoms with Gasteiger partial charge in [0.2, 0.25) is 5.79 Å². The Morgan fingerprint density at radius 1 is 1.35 bits per heavy atom. The molecular weight excluding hydrogens is 220 g/mol. The molecule has 1 aliphatic rings. The number of nitrogens with two attached hydrogens (primary N) is 1. The van der Waals surface area contributed by atoms with Crippen molar-refractivity contribution in [3.05, 3.63) is 35.4 Å². The average molecular weight is 234 g/mol. The number of benzene rings is 1. The molecule has 2 rings (SSSR count). The molecular formula is C12H14N2O3. The van der Waals surface area contributed by atoms with Crippen molar-refractivity contribution in [1.82, 2.24) is 0 Å². The van der Waals surface area contributed by atoms with E-state index in [9.17, 15) is 4.79 Å². The summed E-state index contributed by atoms with van der Waals surface area (Å²) >= 11 is 0. The Hall–Kier alpha value is -1.72. The van der Waals surface area contributed by atoms with E-state index in [1.807, 2.05) is 0 Å². The van der Waals surface area contributed by atoms with Gasteiger partial charge in [-0.25, -0.2) is 0 Å². The van der Waals surface area contributed by atoms with E-state index in [-0.39, 0.29) is 12.3 Å². The number of hydrogen-bond acceptors (Lipinski definition) is 4. The summed E-state index contributed by atoms with van der Waals surface area (Å²) in [4.78, 5) is 10.7. The lowest BCUT2D eigenvalue weighted by Crippen LogP contribution is -2.27. The third-order valence-electron chi connectivity index (χ3n) is 2.74. The highest BCUT2D eigenvalue weighted by Gasteiger charge is 2.38. The molecule has 90 valence electrons. The number of carbonyl (C=O) groups excluding carboxylic acids is 1. The average Bonchev–Trinajstić information content (AvgIpc) is 2.79. The first kappa shape index (κ1) is 11.8. The smallest absolute Gasteiger partial charge is 0.201 e. The van der Waals surface area contributed by atoms with Crippen molar-refractivity contribution in [1.29, 1.82) is 5.41 Å². The van der Waals surface area contributed by atoms with Crippen LogP contribution in [0.1, 0.15) is 17.5 Å². The van der Waals surface area contributed by atoms with Gasteiger partial charge in [0, 0.05) is 11.1 Å². The van der Waals surface area contributed by atoms with Crippen LogP contribution in [0.15, 0.2) is 24.3 Å². The maximum atomic E-state index is 10.7. The van der Waals surface area contributed by atoms with Crippen LogP contribution in [0.2, 0.25) is 0 Å². The highest BCUT2D eigenvalue weighted by atomic mass is 16.7. The predicted molar refractivity (Wildman–Crippen MR) is 61.7 cm³/mol. The Morgan fingerprint density at radius 2 is 1.94 bits per heavy atom. The van der Waals surface area contributed by atoms with Crippen molar-refractivity contribution in [2.45, 2.75) is 12.2 Å². The van der Waals surface area contributed by atoms with Gasteiger partial charge in [-0.05, 0) is 0 Å². The molecule has 0 radical (unpaired) electrons. The molecule has 5 heteroatoms. The van der Waals surface area contributed by atoms with Crippen LogP contribution >= 0.6 is 0 Å². The molecule has 17 heavy (non-hydrogen) atoms. The van der Waals surface area contributed by atoms with Gasteiger partial charge in [-0.1, -0.05) is 24.3 Å². The zero-order valence-corrected chi connectivity index (χ0v) is 9.31. The number of nitrogen functional groups attached to an aromatic ring is 1. The van der Waals surface area contributed by atoms with Crippen molar-refractivity contribution in [2.24, 2.45) is 5.73 Å². The maximum absolute atomic E-state index is 10.7. The Balaban J connectivity index is 2.30. The number of rotatable bonds is 4. The first-order chi connectivity index (χ1) is 8.18. The Bertz CT molecular complexity index is 422. The zero-order valence-electron chi connectivity index (χ0n) is 9.31. The van der Waals surface area contributed by atoms with Crippen LogP contribution in [0, 0.1) is 5.41 Å². The Morgan fingerprint density at radius 3 is 2.41 bits per heavy atom. The van der Waals surface area contributed by atoms with Crippen LogP contribution in [-0.4, -0.2) is 25.3 Å². The lowest BCUT2D eigenvalue weighted by Gasteiger charge is -2.25. The lowest BCUT2D eigenvalue weighted by molar-refractivity contribution is -0.171. The highest BCUT2D eigenvalue weighted by Crippen LogP contribution is 2.34. The maximum Gasteiger partial charge on any atom is 0.201 e. The summed E-state index contributed by atoms with van der Waals surface area (Å²) < 4.78 is 11.1. The molecule has 5 nitrogen and oxygen atoms in total. The predicted octanol–water partition coefficient (Wildman–Crippen LogP) is 0.759. The minimum Gasteiger partial charge on any atom is -0.384 e. The largest absolute Gasteiger partial charge is 0.384 e. The minimum absolute atomic E-state index is 0.00856. The van der Waals surface area contributed by atoms with E-state index in [1.165, 1.54) is 0 Å². The molecule has 0 spiro atoms. The molecule has 0 aliphatic carbocycles. The monoisotopic (exact) mass is 234 g/mol. The van der Waals surface area contributed by atoms with Crippen LogP contribution in [-0.2, 0) is 20.1 Å². The number of nitrogens with one attached hydrogen (secondary N) is 1. The fraction of sp³-hybridized carbons (Fsp3) is 0.333. The number of hydrogen-bond donors (Lipinski definition) is 2. The van der Waals surface area contributed by atoms with E-state index in [0.29, 0.717) is 18.8 Å². The molecule has 1 aromatic rings. The van der Waals surface area contributed by atoms with Crippen molar-refractivity contribution in [2.75, 3.05) is 13.2 Å². The molecule has 0 atom stereocenters. The molecule has 1 heterocycles. The molecule has 0 unspecified atom stereocenters. The van der Waals surface area contributed by atoms with Crippen molar-refractivity contribution in [3.63, 3.8) is 0 Å². The molecule has 1 aromatic carbocycles. The molecule has 1 aliphatic heterocycles. The van der Waals surface area contributed by atoms with E-state index >= 15 is 0 Å². The minimum atomic E-state index is -0.961. The molecule has 0 bridgehead atoms. The molecule has 0 aromatic heterocycles. The van der Waals surface area contributed by atoms with Crippen LogP contribution in [0.4, 0.5) is 0 Å². The SMILES string of the molecule is N=C(N)c1ccc(C2(CC=O)OCCO2)cc1. The summed E-state index contributed by atoms with van der Waals surface area (Å²) in [5, 5.41) is 7.30. The van der Waals surface area contributed by atoms with Gasteiger partial charge in [0.15, 0.2) is 0 Å². The molecule has 0 amide bonds. The second-order valence-electron chi connectivity index (χ2n) is 3.81. The molecule has 0 saturated carbocycles. The van der Waals surface area contributed by atoms with E-state index in [2.05, 4.69) is 0 Å². The quantitative estimate of drug-likeness (QED) is 0.457. The first-order valence-electron chi connectivity index (χ1n) is 5.34. The second-order valence-corrected chi connectivity index (χ2v) is 3.81. The van der Waals surface area contributed by atoms with Crippen LogP contribution < -0.4 is 5.73 Å². The standard InChI is InChI=1S/C12H14N2O3/c13-11(14)9-1-3-10(4-2-9)12(5-6-15)16-7-8-17-12/h1-4,6H,5,7-8H2,(H3,13,14). The fourth-order valence-corrected chi connectivity index (χ4v) is 1.87. The van der Waals surface area contributed by atoms with Crippen molar-refractivity contribution >= 4 is 12.1 Å². The van der Waals surface area contributed by atoms with Crippen molar-refractivity contribution in [3.8, 4) is 0 Å². The van der Waals surface area contributed by atoms with Gasteiger partial charge in [-0.2, -0.15) is 0 Å². The summed E-state index contributed by atoms with van der Waals surface area (Å²) in [5.41, 5.74) is 6.78. The first-order valence-corrected chi connectivity index (χ1v) is 5.34. The summed E-state index contributed by atoms with van der Waals surface area (Å²) in [6.45, 7) is 0.949. The Kier molecular flexibility index (Phi) is 3.21. The zero-order chi connectivity index (χ0) is 12.3. The topological polar surface area (TPSA) is 85.4 Å². The highest BCUT2D eigenvalue weighted by molar-refractivity contribution is 5.94. The van der Waals surface area contributed by atoms with E-state index < -0.39 is 5.79 Å². The second kappa shape index (κ2) is 4.65. The normalized spacial score (nSPS) is 17.9. The van der Waals surface area contributed by atoms with E-state index in [0.717, 1.165) is 11.8 Å². The summed E-state index contributed by atoms with van der Waals surface area (Å²) in [7, 11) is 0. The van der Waals surface area contributed by atoms with Gasteiger partial charge in [-0.15, -0.1) is 0 Å². The van der Waals surface area contributed by atoms with E-state index in [1.54, 1.807) is 24.3 Å². The fourth-order valence-electron chi connectivity index (χ4n) is 1.87. The van der Waals surface area contributed by atoms with Gasteiger partial charge >= 0.3 is 0 Å². The Labute approximate surface area is 99.0 Å².